The molecule has 0 aromatic carbocycles. The molecule has 4 fully saturated rings. The van der Waals surface area contributed by atoms with Gasteiger partial charge < -0.3 is 25.1 Å². The molecule has 40 heavy (non-hydrogen) atoms. The van der Waals surface area contributed by atoms with Gasteiger partial charge in [-0.2, -0.15) is 0 Å². The van der Waals surface area contributed by atoms with Crippen molar-refractivity contribution in [2.24, 2.45) is 39.7 Å². The minimum absolute atomic E-state index is 0.0336. The maximum Gasteiger partial charge on any atom is 0.305 e. The molecule has 0 spiro atoms. The number of rotatable bonds is 7. The maximum atomic E-state index is 12.7. The van der Waals surface area contributed by atoms with E-state index < -0.39 is 17.6 Å². The number of hydrogen-bond acceptors (Lipinski definition) is 6. The molecule has 0 unspecified atom stereocenters. The third-order valence-corrected chi connectivity index (χ3v) is 12.0. The van der Waals surface area contributed by atoms with Crippen LogP contribution >= 0.6 is 0 Å². The largest absolute Gasteiger partial charge is 0.481 e. The number of nitrogens with zero attached hydrogens (tertiary/aromatic N) is 1. The minimum atomic E-state index is -0.928. The molecular weight excluding hydrogens is 508 g/mol. The summed E-state index contributed by atoms with van der Waals surface area (Å²) in [5, 5.41) is 27.8. The molecule has 0 aromatic rings. The fourth-order valence-corrected chi connectivity index (χ4v) is 9.45. The molecule has 1 amide bonds. The second-order valence-corrected chi connectivity index (χ2v) is 14.8. The summed E-state index contributed by atoms with van der Waals surface area (Å²) in [7, 11) is 0. The Morgan fingerprint density at radius 2 is 1.82 bits per heavy atom. The maximum absolute atomic E-state index is 12.7. The predicted octanol–water partition coefficient (Wildman–Crippen LogP) is 5.24. The number of fused-ring (bicyclic) bond motifs is 5. The lowest BCUT2D eigenvalue weighted by atomic mass is 9.46. The molecule has 1 aliphatic heterocycles. The molecule has 5 rings (SSSR count). The van der Waals surface area contributed by atoms with Crippen molar-refractivity contribution in [2.75, 3.05) is 13.2 Å². The molecule has 8 nitrogen and oxygen atoms in total. The average Bonchev–Trinajstić information content (AvgIpc) is 3.11. The lowest BCUT2D eigenvalue weighted by Crippen LogP contribution is -2.53. The van der Waals surface area contributed by atoms with Crippen LogP contribution in [0.1, 0.15) is 105 Å². The standard InChI is InChI=1S/C32H50N2O6/c1-29(2)18-20(11-15-39-29)26(17-28(36)37)33-27(35)19-40-34-22-8-12-30(3)21(16-22)6-7-23-24(30)9-13-31(4)25(23)10-14-32(31,5)38/h16,20,23-26,38H,6-15,17-19H2,1-5H3,(H,33,35)(H,36,37)/b34-22+/t20-,23-,24+,25+,26+,30+,31+,32+/m1/s1. The van der Waals surface area contributed by atoms with Crippen molar-refractivity contribution < 1.29 is 29.4 Å². The van der Waals surface area contributed by atoms with E-state index in [0.29, 0.717) is 30.8 Å². The van der Waals surface area contributed by atoms with E-state index in [0.717, 1.165) is 50.7 Å². The van der Waals surface area contributed by atoms with Crippen molar-refractivity contribution in [1.82, 2.24) is 5.32 Å². The van der Waals surface area contributed by atoms with Crippen LogP contribution in [0, 0.1) is 34.5 Å². The van der Waals surface area contributed by atoms with Gasteiger partial charge in [0, 0.05) is 12.6 Å². The molecule has 0 aromatic heterocycles. The molecule has 5 aliphatic rings. The summed E-state index contributed by atoms with van der Waals surface area (Å²) >= 11 is 0. The van der Waals surface area contributed by atoms with Crippen LogP contribution in [-0.2, 0) is 19.2 Å². The number of carbonyl (C=O) groups is 2. The highest BCUT2D eigenvalue weighted by atomic mass is 16.6. The molecule has 3 saturated carbocycles. The van der Waals surface area contributed by atoms with Crippen molar-refractivity contribution >= 4 is 17.6 Å². The molecule has 224 valence electrons. The third kappa shape index (κ3) is 5.47. The molecule has 4 aliphatic carbocycles. The summed E-state index contributed by atoms with van der Waals surface area (Å²) < 4.78 is 5.77. The van der Waals surface area contributed by atoms with Crippen LogP contribution in [-0.4, -0.2) is 58.3 Å². The SMILES string of the molecule is CC1(C)C[C@H]([C@H](CC(=O)O)NC(=O)CO/N=C2/C=C3CC[C@@H]4[C@H](CC[C@@]5(C)[C@H]4CC[C@]5(C)O)[C@@]3(C)CC2)CCO1. The summed E-state index contributed by atoms with van der Waals surface area (Å²) in [6, 6.07) is -0.460. The van der Waals surface area contributed by atoms with Gasteiger partial charge in [0.2, 0.25) is 0 Å². The van der Waals surface area contributed by atoms with Crippen molar-refractivity contribution in [3.8, 4) is 0 Å². The number of nitrogens with one attached hydrogen (secondary N) is 1. The highest BCUT2D eigenvalue weighted by Gasteiger charge is 2.62. The monoisotopic (exact) mass is 558 g/mol. The number of carboxylic acids is 1. The molecule has 3 N–H and O–H groups in total. The summed E-state index contributed by atoms with van der Waals surface area (Å²) in [5.41, 5.74) is 1.66. The van der Waals surface area contributed by atoms with Gasteiger partial charge >= 0.3 is 5.97 Å². The van der Waals surface area contributed by atoms with Crippen LogP contribution in [0.25, 0.3) is 0 Å². The number of aliphatic carboxylic acids is 1. The zero-order valence-electron chi connectivity index (χ0n) is 25.1. The van der Waals surface area contributed by atoms with Gasteiger partial charge in [0.05, 0.1) is 23.3 Å². The van der Waals surface area contributed by atoms with Crippen molar-refractivity contribution in [1.29, 1.82) is 0 Å². The van der Waals surface area contributed by atoms with Crippen molar-refractivity contribution in [2.45, 2.75) is 122 Å². The number of oxime groups is 1. The smallest absolute Gasteiger partial charge is 0.305 e. The Kier molecular flexibility index (Phi) is 7.92. The Balaban J connectivity index is 1.19. The molecular formula is C32H50N2O6. The molecule has 0 bridgehead atoms. The molecule has 0 radical (unpaired) electrons. The number of aliphatic hydroxyl groups is 1. The summed E-state index contributed by atoms with van der Waals surface area (Å²) in [6.07, 6.45) is 11.9. The fraction of sp³-hybridized carbons (Fsp3) is 0.844. The van der Waals surface area contributed by atoms with E-state index in [2.05, 4.69) is 37.3 Å². The van der Waals surface area contributed by atoms with Gasteiger partial charge in [-0.1, -0.05) is 24.6 Å². The highest BCUT2D eigenvalue weighted by molar-refractivity contribution is 5.96. The van der Waals surface area contributed by atoms with Gasteiger partial charge in [0.25, 0.3) is 5.91 Å². The molecule has 8 heteroatoms. The molecule has 8 atom stereocenters. The number of amides is 1. The van der Waals surface area contributed by atoms with E-state index in [1.54, 1.807) is 0 Å². The normalized spacial score (nSPS) is 42.1. The van der Waals surface area contributed by atoms with Crippen LogP contribution in [0.4, 0.5) is 0 Å². The first-order valence-corrected chi connectivity index (χ1v) is 15.5. The summed E-state index contributed by atoms with van der Waals surface area (Å²) in [4.78, 5) is 29.7. The predicted molar refractivity (Wildman–Crippen MR) is 153 cm³/mol. The highest BCUT2D eigenvalue weighted by Crippen LogP contribution is 2.67. The van der Waals surface area contributed by atoms with Gasteiger partial charge in [-0.15, -0.1) is 0 Å². The number of carbonyl (C=O) groups excluding carboxylic acids is 1. The zero-order chi connectivity index (χ0) is 28.9. The Hall–Kier alpha value is -1.93. The van der Waals surface area contributed by atoms with E-state index in [1.807, 2.05) is 13.8 Å². The third-order valence-electron chi connectivity index (χ3n) is 12.0. The van der Waals surface area contributed by atoms with E-state index in [-0.39, 0.29) is 41.3 Å². The van der Waals surface area contributed by atoms with Gasteiger partial charge in [0.15, 0.2) is 6.61 Å². The van der Waals surface area contributed by atoms with Crippen LogP contribution in [0.2, 0.25) is 0 Å². The first-order chi connectivity index (χ1) is 18.7. The number of ether oxygens (including phenoxy) is 1. The first-order valence-electron chi connectivity index (χ1n) is 15.5. The number of allylic oxidation sites excluding steroid dienone is 2. The Labute approximate surface area is 239 Å². The summed E-state index contributed by atoms with van der Waals surface area (Å²) in [6.45, 7) is 11.2. The van der Waals surface area contributed by atoms with Crippen molar-refractivity contribution in [3.63, 3.8) is 0 Å². The lowest BCUT2D eigenvalue weighted by Gasteiger charge is -2.59. The van der Waals surface area contributed by atoms with Crippen LogP contribution in [0.15, 0.2) is 16.8 Å². The average molecular weight is 559 g/mol. The Morgan fingerprint density at radius 3 is 2.55 bits per heavy atom. The van der Waals surface area contributed by atoms with Gasteiger partial charge in [-0.05, 0) is 126 Å². The fourth-order valence-electron chi connectivity index (χ4n) is 9.45. The molecule has 1 heterocycles. The topological polar surface area (TPSA) is 117 Å². The second-order valence-electron chi connectivity index (χ2n) is 14.8. The van der Waals surface area contributed by atoms with E-state index in [9.17, 15) is 19.8 Å². The zero-order valence-corrected chi connectivity index (χ0v) is 25.1. The van der Waals surface area contributed by atoms with E-state index in [1.165, 1.54) is 18.4 Å². The number of hydrogen-bond donors (Lipinski definition) is 3. The quantitative estimate of drug-likeness (QED) is 0.368. The van der Waals surface area contributed by atoms with Crippen LogP contribution < -0.4 is 5.32 Å². The Morgan fingerprint density at radius 1 is 1.07 bits per heavy atom. The van der Waals surface area contributed by atoms with Gasteiger partial charge in [0.1, 0.15) is 0 Å². The van der Waals surface area contributed by atoms with E-state index >= 15 is 0 Å². The van der Waals surface area contributed by atoms with Crippen LogP contribution in [0.5, 0.6) is 0 Å². The number of carboxylic acid groups (broad SMARTS) is 1. The van der Waals surface area contributed by atoms with Gasteiger partial charge in [-0.25, -0.2) is 0 Å². The van der Waals surface area contributed by atoms with Crippen LogP contribution in [0.3, 0.4) is 0 Å². The van der Waals surface area contributed by atoms with Gasteiger partial charge in [-0.3, -0.25) is 9.59 Å². The minimum Gasteiger partial charge on any atom is -0.481 e. The first kappa shape index (κ1) is 29.6. The second kappa shape index (κ2) is 10.7. The summed E-state index contributed by atoms with van der Waals surface area (Å²) in [5.74, 6) is 0.699. The van der Waals surface area contributed by atoms with Crippen molar-refractivity contribution in [3.05, 3.63) is 11.6 Å². The lowest BCUT2D eigenvalue weighted by molar-refractivity contribution is -0.139. The molecule has 1 saturated heterocycles. The Bertz CT molecular complexity index is 1070. The van der Waals surface area contributed by atoms with E-state index in [4.69, 9.17) is 9.57 Å².